The molecule has 38 heavy (non-hydrogen) atoms. The number of halogens is 2. The van der Waals surface area contributed by atoms with Gasteiger partial charge in [0.15, 0.2) is 12.0 Å². The molecule has 14 heteroatoms. The Hall–Kier alpha value is -2.81. The lowest BCUT2D eigenvalue weighted by atomic mass is 9.95. The number of pyridine rings is 1. The Morgan fingerprint density at radius 3 is 2.61 bits per heavy atom. The van der Waals surface area contributed by atoms with Crippen LogP contribution >= 0.6 is 0 Å². The topological polar surface area (TPSA) is 140 Å². The number of nitrogens with zero attached hydrogens (tertiary/aromatic N) is 6. The molecular weight excluding hydrogens is 500 g/mol. The number of anilines is 2. The molecule has 4 heterocycles. The number of carbonyl (C=O) groups excluding carboxylic acids is 2. The van der Waals surface area contributed by atoms with Gasteiger partial charge >= 0.3 is 0 Å². The lowest BCUT2D eigenvalue weighted by molar-refractivity contribution is -0.137. The minimum atomic E-state index is -1.42. The van der Waals surface area contributed by atoms with Crippen molar-refractivity contribution < 1.29 is 18.4 Å². The summed E-state index contributed by atoms with van der Waals surface area (Å²) in [7, 11) is 3.64. The molecular formula is C24H37F2N9O3. The van der Waals surface area contributed by atoms with Crippen LogP contribution in [0.2, 0.25) is 0 Å². The summed E-state index contributed by atoms with van der Waals surface area (Å²) in [5.41, 5.74) is 6.13. The van der Waals surface area contributed by atoms with Crippen LogP contribution < -0.4 is 21.3 Å². The van der Waals surface area contributed by atoms with E-state index >= 15 is 4.39 Å². The number of amides is 2. The van der Waals surface area contributed by atoms with Crippen molar-refractivity contribution in [1.82, 2.24) is 25.0 Å². The zero-order chi connectivity index (χ0) is 27.4. The molecule has 4 N–H and O–H groups in total. The quantitative estimate of drug-likeness (QED) is 0.411. The Morgan fingerprint density at radius 1 is 1.18 bits per heavy atom. The predicted molar refractivity (Wildman–Crippen MR) is 138 cm³/mol. The highest BCUT2D eigenvalue weighted by Gasteiger charge is 2.41. The summed E-state index contributed by atoms with van der Waals surface area (Å²) >= 11 is 0. The van der Waals surface area contributed by atoms with Gasteiger partial charge in [0.1, 0.15) is 17.8 Å². The third-order valence-corrected chi connectivity index (χ3v) is 7.67. The molecule has 0 radical (unpaired) electrons. The van der Waals surface area contributed by atoms with E-state index in [0.717, 1.165) is 19.3 Å². The van der Waals surface area contributed by atoms with Gasteiger partial charge in [0, 0.05) is 52.4 Å². The van der Waals surface area contributed by atoms with Crippen LogP contribution in [0.15, 0.2) is 17.6 Å². The van der Waals surface area contributed by atoms with Crippen molar-refractivity contribution in [1.29, 1.82) is 0 Å². The van der Waals surface area contributed by atoms with Crippen molar-refractivity contribution >= 4 is 23.2 Å². The highest BCUT2D eigenvalue weighted by molar-refractivity contribution is 5.96. The van der Waals surface area contributed by atoms with Crippen LogP contribution in [0, 0.1) is 22.6 Å². The van der Waals surface area contributed by atoms with E-state index in [1.54, 1.807) is 16.8 Å². The van der Waals surface area contributed by atoms with E-state index < -0.39 is 36.1 Å². The number of nitrogens with one attached hydrogen (secondary N) is 2. The molecule has 3 aliphatic heterocycles. The molecule has 12 nitrogen and oxygen atoms in total. The molecule has 3 saturated heterocycles. The van der Waals surface area contributed by atoms with Gasteiger partial charge in [0.2, 0.25) is 11.8 Å². The Morgan fingerprint density at radius 2 is 1.92 bits per heavy atom. The molecule has 0 spiro atoms. The van der Waals surface area contributed by atoms with Gasteiger partial charge in [-0.2, -0.15) is 0 Å². The first-order valence-electron chi connectivity index (χ1n) is 13.0. The van der Waals surface area contributed by atoms with Crippen molar-refractivity contribution in [3.05, 3.63) is 23.1 Å². The fraction of sp³-hybridized carbons (Fsp3) is 0.708. The number of piperazine rings is 1. The van der Waals surface area contributed by atoms with Crippen molar-refractivity contribution in [3.8, 4) is 0 Å². The average molecular weight is 538 g/mol. The van der Waals surface area contributed by atoms with Crippen molar-refractivity contribution in [2.45, 2.75) is 31.3 Å². The lowest BCUT2D eigenvalue weighted by Gasteiger charge is -2.40. The molecule has 0 saturated carbocycles. The van der Waals surface area contributed by atoms with E-state index in [9.17, 15) is 18.9 Å². The Labute approximate surface area is 220 Å². The Kier molecular flexibility index (Phi) is 9.18. The lowest BCUT2D eigenvalue weighted by Crippen LogP contribution is -2.62. The maximum atomic E-state index is 15.2. The van der Waals surface area contributed by atoms with Crippen LogP contribution in [0.1, 0.15) is 12.8 Å². The zero-order valence-electron chi connectivity index (χ0n) is 21.9. The van der Waals surface area contributed by atoms with Gasteiger partial charge in [0.05, 0.1) is 30.2 Å². The maximum Gasteiger partial charge on any atom is 0.234 e. The second-order valence-electron chi connectivity index (χ2n) is 10.4. The van der Waals surface area contributed by atoms with Crippen molar-refractivity contribution in [2.75, 3.05) is 76.7 Å². The molecule has 5 unspecified atom stereocenters. The number of nitrogens with two attached hydrogens (primary N) is 1. The Bertz CT molecular complexity index is 1010. The molecule has 5 atom stereocenters. The van der Waals surface area contributed by atoms with Gasteiger partial charge in [-0.05, 0) is 26.9 Å². The SMILES string of the molecule is CN1CCN(C(=O)C2CCCN(c3c(F)cncc3NC(=O)C(C(N)N=O)C3NCC(F)CN3C)C2)CC1. The maximum absolute atomic E-state index is 15.2. The molecule has 4 rings (SSSR count). The summed E-state index contributed by atoms with van der Waals surface area (Å²) in [4.78, 5) is 49.2. The van der Waals surface area contributed by atoms with Gasteiger partial charge < -0.3 is 25.8 Å². The summed E-state index contributed by atoms with van der Waals surface area (Å²) < 4.78 is 29.0. The molecule has 0 aromatic carbocycles. The Balaban J connectivity index is 1.52. The van der Waals surface area contributed by atoms with E-state index in [1.807, 2.05) is 11.9 Å². The smallest absolute Gasteiger partial charge is 0.234 e. The minimum Gasteiger partial charge on any atom is -0.367 e. The van der Waals surface area contributed by atoms with Gasteiger partial charge in [-0.3, -0.25) is 24.8 Å². The highest BCUT2D eigenvalue weighted by Crippen LogP contribution is 2.33. The van der Waals surface area contributed by atoms with E-state index in [2.05, 4.69) is 25.7 Å². The molecule has 1 aromatic heterocycles. The predicted octanol–water partition coefficient (Wildman–Crippen LogP) is 0.0162. The fourth-order valence-corrected chi connectivity index (χ4v) is 5.57. The first-order valence-corrected chi connectivity index (χ1v) is 13.0. The molecule has 1 aromatic rings. The first-order chi connectivity index (χ1) is 18.2. The van der Waals surface area contributed by atoms with E-state index in [-0.39, 0.29) is 36.3 Å². The summed E-state index contributed by atoms with van der Waals surface area (Å²) in [5, 5.41) is 8.44. The molecule has 210 valence electrons. The van der Waals surface area contributed by atoms with Crippen molar-refractivity contribution in [2.24, 2.45) is 22.7 Å². The number of hydrogen-bond donors (Lipinski definition) is 3. The standard InChI is InChI=1S/C24H37F2N9O3/c1-32-6-8-34(9-7-32)24(37)15-4-3-5-35(13-15)20-17(26)11-28-12-18(20)30-23(36)19(21(27)31-38)22-29-10-16(25)14-33(22)2/h11-12,15-16,19,21-22,29H,3-10,13-14,27H2,1-2H3,(H,30,36). The number of alkyl halides is 1. The average Bonchev–Trinajstić information content (AvgIpc) is 2.90. The summed E-state index contributed by atoms with van der Waals surface area (Å²) in [5.74, 6) is -2.72. The third kappa shape index (κ3) is 6.25. The normalized spacial score (nSPS) is 27.0. The summed E-state index contributed by atoms with van der Waals surface area (Å²) in [6.07, 6.45) is 0.465. The van der Waals surface area contributed by atoms with Crippen molar-refractivity contribution in [3.63, 3.8) is 0 Å². The second kappa shape index (κ2) is 12.4. The van der Waals surface area contributed by atoms with Crippen LogP contribution in [-0.2, 0) is 9.59 Å². The number of rotatable bonds is 7. The number of hydrogen-bond acceptors (Lipinski definition) is 10. The number of piperidine rings is 1. The van der Waals surface area contributed by atoms with E-state index in [0.29, 0.717) is 39.0 Å². The van der Waals surface area contributed by atoms with Gasteiger partial charge in [0.25, 0.3) is 0 Å². The van der Waals surface area contributed by atoms with Crippen LogP contribution in [0.3, 0.4) is 0 Å². The molecule has 0 bridgehead atoms. The van der Waals surface area contributed by atoms with Gasteiger partial charge in [-0.25, -0.2) is 8.78 Å². The molecule has 0 aliphatic carbocycles. The minimum absolute atomic E-state index is 0.00632. The third-order valence-electron chi connectivity index (χ3n) is 7.67. The van der Waals surface area contributed by atoms with Gasteiger partial charge in [-0.15, -0.1) is 4.91 Å². The largest absolute Gasteiger partial charge is 0.367 e. The highest BCUT2D eigenvalue weighted by atomic mass is 19.1. The number of aromatic nitrogens is 1. The molecule has 3 aliphatic rings. The van der Waals surface area contributed by atoms with E-state index in [4.69, 9.17) is 5.73 Å². The molecule has 3 fully saturated rings. The second-order valence-corrected chi connectivity index (χ2v) is 10.4. The van der Waals surface area contributed by atoms with Crippen LogP contribution in [0.25, 0.3) is 0 Å². The zero-order valence-corrected chi connectivity index (χ0v) is 21.9. The first kappa shape index (κ1) is 28.2. The van der Waals surface area contributed by atoms with Gasteiger partial charge in [-0.1, -0.05) is 5.18 Å². The summed E-state index contributed by atoms with van der Waals surface area (Å²) in [6, 6.07) is 0. The van der Waals surface area contributed by atoms with Crippen LogP contribution in [-0.4, -0.2) is 116 Å². The van der Waals surface area contributed by atoms with E-state index in [1.165, 1.54) is 6.20 Å². The van der Waals surface area contributed by atoms with Crippen LogP contribution in [0.5, 0.6) is 0 Å². The number of nitroso groups, excluding NO2 is 1. The number of likely N-dealkylation sites (N-methyl/N-ethyl adjacent to an activating group) is 1. The fourth-order valence-electron chi connectivity index (χ4n) is 5.57. The monoisotopic (exact) mass is 537 g/mol. The van der Waals surface area contributed by atoms with Crippen LogP contribution in [0.4, 0.5) is 20.2 Å². The number of carbonyl (C=O) groups is 2. The molecule has 2 amide bonds. The summed E-state index contributed by atoms with van der Waals surface area (Å²) in [6.45, 7) is 3.80.